The molecule has 1 aliphatic rings. The maximum Gasteiger partial charge on any atom is 0.416 e. The third-order valence-corrected chi connectivity index (χ3v) is 2.29. The Labute approximate surface area is 89.7 Å². The van der Waals surface area contributed by atoms with E-state index in [1.165, 1.54) is 12.1 Å². The smallest absolute Gasteiger partial charge is 0.416 e. The lowest BCUT2D eigenvalue weighted by molar-refractivity contribution is -0.137. The number of hydrogen-bond donors (Lipinski definition) is 1. The number of amidine groups is 1. The van der Waals surface area contributed by atoms with Crippen LogP contribution in [0.3, 0.4) is 0 Å². The SMILES string of the molecule is NC1=NC[C@@H](c2ccc(C(F)(F)F)cc2)O1. The van der Waals surface area contributed by atoms with Crippen LogP contribution in [0, 0.1) is 0 Å². The molecule has 0 radical (unpaired) electrons. The summed E-state index contributed by atoms with van der Waals surface area (Å²) in [5.74, 6) is 0. The fraction of sp³-hybridized carbons (Fsp3) is 0.300. The molecule has 0 unspecified atom stereocenters. The van der Waals surface area contributed by atoms with E-state index in [-0.39, 0.29) is 12.1 Å². The van der Waals surface area contributed by atoms with E-state index in [0.29, 0.717) is 12.1 Å². The Balaban J connectivity index is 2.15. The monoisotopic (exact) mass is 230 g/mol. The summed E-state index contributed by atoms with van der Waals surface area (Å²) in [4.78, 5) is 3.82. The van der Waals surface area contributed by atoms with Gasteiger partial charge in [0.05, 0.1) is 12.1 Å². The molecule has 16 heavy (non-hydrogen) atoms. The van der Waals surface area contributed by atoms with E-state index in [4.69, 9.17) is 10.5 Å². The molecule has 2 N–H and O–H groups in total. The Morgan fingerprint density at radius 3 is 2.31 bits per heavy atom. The highest BCUT2D eigenvalue weighted by Crippen LogP contribution is 2.30. The summed E-state index contributed by atoms with van der Waals surface area (Å²) in [6.07, 6.45) is -4.69. The van der Waals surface area contributed by atoms with Gasteiger partial charge in [-0.3, -0.25) is 0 Å². The summed E-state index contributed by atoms with van der Waals surface area (Å²) in [6, 6.07) is 4.87. The molecule has 0 fully saturated rings. The first-order valence-electron chi connectivity index (χ1n) is 4.60. The van der Waals surface area contributed by atoms with Crippen LogP contribution < -0.4 is 5.73 Å². The van der Waals surface area contributed by atoms with Gasteiger partial charge in [-0.15, -0.1) is 0 Å². The van der Waals surface area contributed by atoms with Crippen LogP contribution in [-0.2, 0) is 10.9 Å². The minimum atomic E-state index is -4.31. The van der Waals surface area contributed by atoms with Crippen molar-refractivity contribution in [2.75, 3.05) is 6.54 Å². The molecule has 1 atom stereocenters. The molecule has 1 aliphatic heterocycles. The van der Waals surface area contributed by atoms with Gasteiger partial charge in [-0.05, 0) is 17.7 Å². The van der Waals surface area contributed by atoms with Gasteiger partial charge in [0.25, 0.3) is 6.02 Å². The van der Waals surface area contributed by atoms with Crippen molar-refractivity contribution < 1.29 is 17.9 Å². The highest BCUT2D eigenvalue weighted by molar-refractivity contribution is 5.73. The second-order valence-corrected chi connectivity index (χ2v) is 3.41. The summed E-state index contributed by atoms with van der Waals surface area (Å²) >= 11 is 0. The first kappa shape index (κ1) is 10.8. The van der Waals surface area contributed by atoms with Crippen molar-refractivity contribution in [3.63, 3.8) is 0 Å². The van der Waals surface area contributed by atoms with Crippen LogP contribution in [0.4, 0.5) is 13.2 Å². The van der Waals surface area contributed by atoms with Crippen LogP contribution in [0.5, 0.6) is 0 Å². The molecule has 0 amide bonds. The van der Waals surface area contributed by atoms with Crippen LogP contribution in [0.15, 0.2) is 29.3 Å². The minimum Gasteiger partial charge on any atom is -0.455 e. The summed E-state index contributed by atoms with van der Waals surface area (Å²) in [6.45, 7) is 0.344. The fourth-order valence-corrected chi connectivity index (χ4v) is 1.45. The zero-order chi connectivity index (χ0) is 11.8. The zero-order valence-corrected chi connectivity index (χ0v) is 8.16. The number of rotatable bonds is 1. The van der Waals surface area contributed by atoms with E-state index in [9.17, 15) is 13.2 Å². The molecule has 86 valence electrons. The Kier molecular flexibility index (Phi) is 2.49. The van der Waals surface area contributed by atoms with Crippen LogP contribution in [0.2, 0.25) is 0 Å². The summed E-state index contributed by atoms with van der Waals surface area (Å²) in [5.41, 5.74) is 5.27. The molecule has 2 rings (SSSR count). The molecular formula is C10H9F3N2O. The molecule has 3 nitrogen and oxygen atoms in total. The number of halogens is 3. The van der Waals surface area contributed by atoms with Crippen molar-refractivity contribution in [2.24, 2.45) is 10.7 Å². The van der Waals surface area contributed by atoms with E-state index >= 15 is 0 Å². The van der Waals surface area contributed by atoms with Crippen molar-refractivity contribution in [2.45, 2.75) is 12.3 Å². The van der Waals surface area contributed by atoms with Crippen molar-refractivity contribution in [3.8, 4) is 0 Å². The van der Waals surface area contributed by atoms with E-state index < -0.39 is 11.7 Å². The summed E-state index contributed by atoms with van der Waals surface area (Å²) in [5, 5.41) is 0. The summed E-state index contributed by atoms with van der Waals surface area (Å²) < 4.78 is 42.0. The molecule has 1 aromatic carbocycles. The summed E-state index contributed by atoms with van der Waals surface area (Å²) in [7, 11) is 0. The average Bonchev–Trinajstić information content (AvgIpc) is 2.64. The maximum absolute atomic E-state index is 12.3. The van der Waals surface area contributed by atoms with Gasteiger partial charge >= 0.3 is 6.18 Å². The molecule has 0 saturated carbocycles. The van der Waals surface area contributed by atoms with Gasteiger partial charge in [0.2, 0.25) is 0 Å². The average molecular weight is 230 g/mol. The van der Waals surface area contributed by atoms with Crippen molar-refractivity contribution in [1.82, 2.24) is 0 Å². The molecule has 0 spiro atoms. The largest absolute Gasteiger partial charge is 0.455 e. The molecule has 1 aromatic rings. The Hall–Kier alpha value is -1.72. The van der Waals surface area contributed by atoms with E-state index in [1.807, 2.05) is 0 Å². The number of nitrogens with two attached hydrogens (primary N) is 1. The van der Waals surface area contributed by atoms with Gasteiger partial charge in [-0.2, -0.15) is 13.2 Å². The highest BCUT2D eigenvalue weighted by Gasteiger charge is 2.30. The zero-order valence-electron chi connectivity index (χ0n) is 8.16. The fourth-order valence-electron chi connectivity index (χ4n) is 1.45. The lowest BCUT2D eigenvalue weighted by Gasteiger charge is -2.11. The number of benzene rings is 1. The third kappa shape index (κ3) is 2.10. The number of nitrogens with zero attached hydrogens (tertiary/aromatic N) is 1. The van der Waals surface area contributed by atoms with Gasteiger partial charge in [0, 0.05) is 0 Å². The molecule has 6 heteroatoms. The lowest BCUT2D eigenvalue weighted by Crippen LogP contribution is -2.13. The standard InChI is InChI=1S/C10H9F3N2O/c11-10(12,13)7-3-1-6(2-4-7)8-5-15-9(14)16-8/h1-4,8H,5H2,(H2,14,15)/t8-/m0/s1. The second kappa shape index (κ2) is 3.70. The van der Waals surface area contributed by atoms with Gasteiger partial charge in [-0.25, -0.2) is 4.99 Å². The normalized spacial score (nSPS) is 20.4. The topological polar surface area (TPSA) is 47.6 Å². The van der Waals surface area contributed by atoms with Crippen molar-refractivity contribution in [3.05, 3.63) is 35.4 Å². The van der Waals surface area contributed by atoms with Crippen LogP contribution in [0.25, 0.3) is 0 Å². The third-order valence-electron chi connectivity index (χ3n) is 2.29. The van der Waals surface area contributed by atoms with E-state index in [1.54, 1.807) is 0 Å². The van der Waals surface area contributed by atoms with Gasteiger partial charge in [0.1, 0.15) is 6.10 Å². The van der Waals surface area contributed by atoms with Crippen LogP contribution in [-0.4, -0.2) is 12.6 Å². The number of alkyl halides is 3. The highest BCUT2D eigenvalue weighted by atomic mass is 19.4. The molecule has 0 aliphatic carbocycles. The van der Waals surface area contributed by atoms with Crippen LogP contribution in [0.1, 0.15) is 17.2 Å². The number of hydrogen-bond acceptors (Lipinski definition) is 3. The Bertz CT molecular complexity index is 411. The molecule has 0 bridgehead atoms. The van der Waals surface area contributed by atoms with Crippen LogP contribution >= 0.6 is 0 Å². The number of aliphatic imine (C=N–C) groups is 1. The predicted molar refractivity (Wildman–Crippen MR) is 51.8 cm³/mol. The molecular weight excluding hydrogens is 221 g/mol. The predicted octanol–water partition coefficient (Wildman–Crippen LogP) is 2.09. The van der Waals surface area contributed by atoms with Gasteiger partial charge in [-0.1, -0.05) is 12.1 Å². The Morgan fingerprint density at radius 2 is 1.88 bits per heavy atom. The van der Waals surface area contributed by atoms with Gasteiger partial charge in [0.15, 0.2) is 0 Å². The first-order chi connectivity index (χ1) is 7.47. The second-order valence-electron chi connectivity index (χ2n) is 3.41. The first-order valence-corrected chi connectivity index (χ1v) is 4.60. The molecule has 0 saturated heterocycles. The molecule has 1 heterocycles. The Morgan fingerprint density at radius 1 is 1.25 bits per heavy atom. The minimum absolute atomic E-state index is 0.0740. The lowest BCUT2D eigenvalue weighted by atomic mass is 10.1. The quantitative estimate of drug-likeness (QED) is 0.803. The molecule has 0 aromatic heterocycles. The van der Waals surface area contributed by atoms with E-state index in [0.717, 1.165) is 12.1 Å². The maximum atomic E-state index is 12.3. The van der Waals surface area contributed by atoms with Crippen molar-refractivity contribution >= 4 is 6.02 Å². The van der Waals surface area contributed by atoms with E-state index in [2.05, 4.69) is 4.99 Å². The van der Waals surface area contributed by atoms with Gasteiger partial charge < -0.3 is 10.5 Å². The number of ether oxygens (including phenoxy) is 1. The van der Waals surface area contributed by atoms with Crippen molar-refractivity contribution in [1.29, 1.82) is 0 Å².